The summed E-state index contributed by atoms with van der Waals surface area (Å²) in [6, 6.07) is 7.52. The van der Waals surface area contributed by atoms with E-state index < -0.39 is 20.0 Å². The highest BCUT2D eigenvalue weighted by Gasteiger charge is 2.28. The Morgan fingerprint density at radius 2 is 1.41 bits per heavy atom. The van der Waals surface area contributed by atoms with E-state index in [0.29, 0.717) is 37.9 Å². The maximum atomic E-state index is 12.0. The van der Waals surface area contributed by atoms with E-state index in [1.807, 2.05) is 24.3 Å². The second-order valence-electron chi connectivity index (χ2n) is 8.62. The van der Waals surface area contributed by atoms with E-state index >= 15 is 0 Å². The Hall–Kier alpha value is -2.02. The third kappa shape index (κ3) is 5.48. The van der Waals surface area contributed by atoms with Gasteiger partial charge in [0.15, 0.2) is 0 Å². The number of rotatable bonds is 6. The first-order valence-corrected chi connectivity index (χ1v) is 14.5. The zero-order chi connectivity index (χ0) is 22.9. The molecule has 2 aromatic rings. The van der Waals surface area contributed by atoms with Crippen molar-refractivity contribution in [3.8, 4) is 0 Å². The smallest absolute Gasteiger partial charge is 0.225 e. The van der Waals surface area contributed by atoms with Crippen LogP contribution in [0, 0.1) is 0 Å². The molecule has 1 aromatic carbocycles. The number of anilines is 2. The summed E-state index contributed by atoms with van der Waals surface area (Å²) in [5.74, 6) is 1.08. The van der Waals surface area contributed by atoms with Gasteiger partial charge in [-0.2, -0.15) is 4.98 Å². The SMILES string of the molecule is CS(=O)(=O)N1CCCC(Nc2nc(NC3CCCN(S(C)(=O)=O)C3)c3ccccc3n2)C1. The van der Waals surface area contributed by atoms with Crippen molar-refractivity contribution in [3.63, 3.8) is 0 Å². The van der Waals surface area contributed by atoms with Crippen molar-refractivity contribution in [1.82, 2.24) is 18.6 Å². The number of benzene rings is 1. The highest BCUT2D eigenvalue weighted by Crippen LogP contribution is 2.26. The number of sulfonamides is 2. The molecule has 2 atom stereocenters. The second kappa shape index (κ2) is 9.08. The molecule has 2 aliphatic rings. The first kappa shape index (κ1) is 23.1. The maximum Gasteiger partial charge on any atom is 0.225 e. The van der Waals surface area contributed by atoms with E-state index in [-0.39, 0.29) is 12.1 Å². The molecule has 2 N–H and O–H groups in total. The van der Waals surface area contributed by atoms with Gasteiger partial charge in [-0.15, -0.1) is 0 Å². The average Bonchev–Trinajstić information content (AvgIpc) is 2.73. The minimum atomic E-state index is -3.24. The summed E-state index contributed by atoms with van der Waals surface area (Å²) in [6.45, 7) is 1.84. The summed E-state index contributed by atoms with van der Waals surface area (Å²) in [7, 11) is -6.49. The number of para-hydroxylation sites is 1. The Balaban J connectivity index is 1.57. The van der Waals surface area contributed by atoms with Crippen molar-refractivity contribution in [2.45, 2.75) is 37.8 Å². The van der Waals surface area contributed by atoms with Crippen LogP contribution in [0.5, 0.6) is 0 Å². The molecular formula is C20H30N6O4S2. The van der Waals surface area contributed by atoms with Crippen LogP contribution >= 0.6 is 0 Å². The van der Waals surface area contributed by atoms with Crippen molar-refractivity contribution in [2.24, 2.45) is 0 Å². The molecule has 4 rings (SSSR count). The predicted octanol–water partition coefficient (Wildman–Crippen LogP) is 1.30. The Kier molecular flexibility index (Phi) is 6.57. The Morgan fingerprint density at radius 3 is 2.00 bits per heavy atom. The monoisotopic (exact) mass is 482 g/mol. The number of nitrogens with zero attached hydrogens (tertiary/aromatic N) is 4. The number of nitrogens with one attached hydrogen (secondary N) is 2. The van der Waals surface area contributed by atoms with Crippen LogP contribution in [0.2, 0.25) is 0 Å². The highest BCUT2D eigenvalue weighted by atomic mass is 32.2. The Labute approximate surface area is 189 Å². The van der Waals surface area contributed by atoms with Gasteiger partial charge in [0.2, 0.25) is 26.0 Å². The van der Waals surface area contributed by atoms with Gasteiger partial charge in [-0.3, -0.25) is 0 Å². The lowest BCUT2D eigenvalue weighted by molar-refractivity contribution is 0.328. The van der Waals surface area contributed by atoms with E-state index in [9.17, 15) is 16.8 Å². The van der Waals surface area contributed by atoms with Gasteiger partial charge in [-0.25, -0.2) is 30.4 Å². The zero-order valence-electron chi connectivity index (χ0n) is 18.4. The topological polar surface area (TPSA) is 125 Å². The molecule has 0 aliphatic carbocycles. The van der Waals surface area contributed by atoms with E-state index in [1.54, 1.807) is 0 Å². The molecule has 0 saturated carbocycles. The standard InChI is InChI=1S/C20H30N6O4S2/c1-31(27,28)25-11-5-7-15(13-25)21-19-17-9-3-4-10-18(17)23-20(24-19)22-16-8-6-12-26(14-16)32(2,29)30/h3-4,9-10,15-16H,5-8,11-14H2,1-2H3,(H2,21,22,23,24). The average molecular weight is 483 g/mol. The Bertz CT molecular complexity index is 1190. The zero-order valence-corrected chi connectivity index (χ0v) is 20.0. The van der Waals surface area contributed by atoms with Crippen LogP contribution in [0.15, 0.2) is 24.3 Å². The predicted molar refractivity (Wildman–Crippen MR) is 126 cm³/mol. The van der Waals surface area contributed by atoms with Crippen LogP contribution in [-0.2, 0) is 20.0 Å². The number of hydrogen-bond donors (Lipinski definition) is 2. The summed E-state index contributed by atoms with van der Waals surface area (Å²) in [4.78, 5) is 9.32. The van der Waals surface area contributed by atoms with Gasteiger partial charge < -0.3 is 10.6 Å². The van der Waals surface area contributed by atoms with Crippen LogP contribution < -0.4 is 10.6 Å². The van der Waals surface area contributed by atoms with Gasteiger partial charge in [0, 0.05) is 43.6 Å². The van der Waals surface area contributed by atoms with Crippen molar-refractivity contribution < 1.29 is 16.8 Å². The third-order valence-corrected chi connectivity index (χ3v) is 8.52. The maximum absolute atomic E-state index is 12.0. The number of piperidine rings is 2. The van der Waals surface area contributed by atoms with Crippen molar-refractivity contribution in [1.29, 1.82) is 0 Å². The molecule has 176 valence electrons. The first-order valence-electron chi connectivity index (χ1n) is 10.8. The lowest BCUT2D eigenvalue weighted by Crippen LogP contribution is -2.45. The summed E-state index contributed by atoms with van der Waals surface area (Å²) in [5, 5.41) is 7.60. The fraction of sp³-hybridized carbons (Fsp3) is 0.600. The molecule has 2 aliphatic heterocycles. The highest BCUT2D eigenvalue weighted by molar-refractivity contribution is 7.88. The molecule has 0 bridgehead atoms. The molecule has 2 saturated heterocycles. The van der Waals surface area contributed by atoms with Crippen LogP contribution in [0.4, 0.5) is 11.8 Å². The molecule has 2 unspecified atom stereocenters. The van der Waals surface area contributed by atoms with Gasteiger partial charge in [0.1, 0.15) is 5.82 Å². The molecule has 10 nitrogen and oxygen atoms in total. The number of aromatic nitrogens is 2. The van der Waals surface area contributed by atoms with E-state index in [1.165, 1.54) is 21.1 Å². The van der Waals surface area contributed by atoms with Gasteiger partial charge in [-0.05, 0) is 37.8 Å². The van der Waals surface area contributed by atoms with Crippen molar-refractivity contribution >= 4 is 42.7 Å². The van der Waals surface area contributed by atoms with E-state index in [0.717, 1.165) is 36.6 Å². The van der Waals surface area contributed by atoms with Crippen LogP contribution in [0.25, 0.3) is 10.9 Å². The molecule has 3 heterocycles. The van der Waals surface area contributed by atoms with E-state index in [2.05, 4.69) is 15.6 Å². The Morgan fingerprint density at radius 1 is 0.844 bits per heavy atom. The number of hydrogen-bond acceptors (Lipinski definition) is 8. The molecule has 32 heavy (non-hydrogen) atoms. The summed E-state index contributed by atoms with van der Waals surface area (Å²) in [6.07, 6.45) is 5.69. The lowest BCUT2D eigenvalue weighted by Gasteiger charge is -2.32. The van der Waals surface area contributed by atoms with Gasteiger partial charge in [-0.1, -0.05) is 12.1 Å². The molecule has 0 amide bonds. The van der Waals surface area contributed by atoms with Gasteiger partial charge in [0.05, 0.1) is 18.0 Å². The molecule has 12 heteroatoms. The van der Waals surface area contributed by atoms with Crippen LogP contribution in [0.1, 0.15) is 25.7 Å². The summed E-state index contributed by atoms with van der Waals surface area (Å²) >= 11 is 0. The van der Waals surface area contributed by atoms with E-state index in [4.69, 9.17) is 4.98 Å². The van der Waals surface area contributed by atoms with Gasteiger partial charge >= 0.3 is 0 Å². The molecular weight excluding hydrogens is 452 g/mol. The second-order valence-corrected chi connectivity index (χ2v) is 12.6. The molecule has 1 aromatic heterocycles. The summed E-state index contributed by atoms with van der Waals surface area (Å²) in [5.41, 5.74) is 0.763. The minimum Gasteiger partial charge on any atom is -0.365 e. The normalized spacial score (nSPS) is 23.8. The molecule has 0 radical (unpaired) electrons. The fourth-order valence-corrected chi connectivity index (χ4v) is 6.17. The van der Waals surface area contributed by atoms with Crippen molar-refractivity contribution in [2.75, 3.05) is 49.3 Å². The third-order valence-electron chi connectivity index (χ3n) is 5.98. The molecule has 0 spiro atoms. The summed E-state index contributed by atoms with van der Waals surface area (Å²) < 4.78 is 50.8. The fourth-order valence-electron chi connectivity index (χ4n) is 4.35. The van der Waals surface area contributed by atoms with Crippen LogP contribution in [0.3, 0.4) is 0 Å². The van der Waals surface area contributed by atoms with Crippen LogP contribution in [-0.4, -0.2) is 86.2 Å². The minimum absolute atomic E-state index is 0.0555. The quantitative estimate of drug-likeness (QED) is 0.631. The number of fused-ring (bicyclic) bond motifs is 1. The lowest BCUT2D eigenvalue weighted by atomic mass is 10.1. The largest absolute Gasteiger partial charge is 0.365 e. The van der Waals surface area contributed by atoms with Gasteiger partial charge in [0.25, 0.3) is 0 Å². The molecule has 2 fully saturated rings. The first-order chi connectivity index (χ1) is 15.1. The van der Waals surface area contributed by atoms with Crippen molar-refractivity contribution in [3.05, 3.63) is 24.3 Å².